The van der Waals surface area contributed by atoms with Gasteiger partial charge in [-0.2, -0.15) is 0 Å². The summed E-state index contributed by atoms with van der Waals surface area (Å²) in [6.45, 7) is 3.94. The molecule has 0 fully saturated rings. The fraction of sp³-hybridized carbons (Fsp3) is 0.174. The Bertz CT molecular complexity index is 1150. The number of anilines is 1. The molecule has 1 aromatic carbocycles. The minimum absolute atomic E-state index is 0.369. The molecule has 0 amide bonds. The molecule has 29 heavy (non-hydrogen) atoms. The first kappa shape index (κ1) is 20.0. The normalized spacial score (nSPS) is 10.3. The molecule has 0 saturated carbocycles. The third-order valence-electron chi connectivity index (χ3n) is 4.53. The molecule has 3 aromatic rings. The maximum Gasteiger partial charge on any atom is 0.338 e. The van der Waals surface area contributed by atoms with Gasteiger partial charge in [-0.15, -0.1) is 0 Å². The van der Waals surface area contributed by atoms with E-state index in [9.17, 15) is 9.18 Å². The summed E-state index contributed by atoms with van der Waals surface area (Å²) in [6.07, 6.45) is 2.98. The number of rotatable bonds is 4. The van der Waals surface area contributed by atoms with Crippen LogP contribution in [0.15, 0.2) is 42.6 Å². The number of pyridine rings is 2. The highest BCUT2D eigenvalue weighted by molar-refractivity contribution is 5.89. The number of nitrogens with zero attached hydrogens (tertiary/aromatic N) is 2. The molecular weight excluding hydrogens is 369 g/mol. The van der Waals surface area contributed by atoms with Crippen molar-refractivity contribution < 1.29 is 14.3 Å². The first-order chi connectivity index (χ1) is 13.9. The molecular formula is C23H20FN3O2. The van der Waals surface area contributed by atoms with Gasteiger partial charge in [0.1, 0.15) is 11.6 Å². The maximum atomic E-state index is 14.2. The highest BCUT2D eigenvalue weighted by Gasteiger charge is 2.14. The van der Waals surface area contributed by atoms with Crippen molar-refractivity contribution in [2.45, 2.75) is 26.7 Å². The van der Waals surface area contributed by atoms with E-state index in [1.165, 1.54) is 12.1 Å². The lowest BCUT2D eigenvalue weighted by atomic mass is 9.97. The van der Waals surface area contributed by atoms with E-state index in [1.54, 1.807) is 24.4 Å². The number of aromatic carboxylic acids is 1. The van der Waals surface area contributed by atoms with Crippen LogP contribution in [0.1, 0.15) is 46.7 Å². The standard InChI is InChI=1S/C23H20FN3O2/c1-3-20-14(7-10-22(25)27-20)5-8-17-16(11-12-26-21(17)4-2)15-6-9-18(23(28)29)19(24)13-15/h6-7,9-13H,3-4H2,1-2H3,(H2,25,27)(H,28,29). The monoisotopic (exact) mass is 389 g/mol. The van der Waals surface area contributed by atoms with Crippen molar-refractivity contribution in [1.82, 2.24) is 9.97 Å². The lowest BCUT2D eigenvalue weighted by Crippen LogP contribution is -2.01. The van der Waals surface area contributed by atoms with Crippen LogP contribution in [0.3, 0.4) is 0 Å². The minimum Gasteiger partial charge on any atom is -0.478 e. The molecule has 3 N–H and O–H groups in total. The molecule has 0 bridgehead atoms. The van der Waals surface area contributed by atoms with E-state index >= 15 is 0 Å². The van der Waals surface area contributed by atoms with Crippen LogP contribution in [0, 0.1) is 17.7 Å². The second kappa shape index (κ2) is 8.53. The van der Waals surface area contributed by atoms with Crippen LogP contribution < -0.4 is 5.73 Å². The average molecular weight is 389 g/mol. The molecule has 0 atom stereocenters. The van der Waals surface area contributed by atoms with Crippen LogP contribution in [-0.2, 0) is 12.8 Å². The fourth-order valence-electron chi connectivity index (χ4n) is 3.04. The molecule has 6 heteroatoms. The van der Waals surface area contributed by atoms with Crippen molar-refractivity contribution >= 4 is 11.8 Å². The summed E-state index contributed by atoms with van der Waals surface area (Å²) < 4.78 is 14.2. The van der Waals surface area contributed by atoms with Crippen molar-refractivity contribution in [3.8, 4) is 23.0 Å². The van der Waals surface area contributed by atoms with Crippen molar-refractivity contribution in [2.24, 2.45) is 0 Å². The molecule has 2 aromatic heterocycles. The van der Waals surface area contributed by atoms with Gasteiger partial charge in [-0.3, -0.25) is 4.98 Å². The van der Waals surface area contributed by atoms with Gasteiger partial charge < -0.3 is 10.8 Å². The third-order valence-corrected chi connectivity index (χ3v) is 4.53. The number of carboxylic acids is 1. The molecule has 0 spiro atoms. The molecule has 0 radical (unpaired) electrons. The summed E-state index contributed by atoms with van der Waals surface area (Å²) in [5, 5.41) is 9.06. The van der Waals surface area contributed by atoms with Crippen LogP contribution in [0.4, 0.5) is 10.2 Å². The lowest BCUT2D eigenvalue weighted by molar-refractivity contribution is 0.0692. The number of nitrogens with two attached hydrogens (primary N) is 1. The van der Waals surface area contributed by atoms with E-state index in [1.807, 2.05) is 19.9 Å². The van der Waals surface area contributed by atoms with Crippen molar-refractivity contribution in [3.05, 3.63) is 76.5 Å². The number of halogens is 1. The summed E-state index contributed by atoms with van der Waals surface area (Å²) in [6, 6.07) is 9.33. The van der Waals surface area contributed by atoms with Gasteiger partial charge in [-0.05, 0) is 48.7 Å². The Morgan fingerprint density at radius 3 is 2.52 bits per heavy atom. The van der Waals surface area contributed by atoms with E-state index in [0.717, 1.165) is 17.0 Å². The van der Waals surface area contributed by atoms with Crippen LogP contribution in [-0.4, -0.2) is 21.0 Å². The molecule has 146 valence electrons. The molecule has 0 saturated heterocycles. The van der Waals surface area contributed by atoms with Gasteiger partial charge >= 0.3 is 5.97 Å². The van der Waals surface area contributed by atoms with Crippen LogP contribution in [0.5, 0.6) is 0 Å². The third kappa shape index (κ3) is 4.25. The lowest BCUT2D eigenvalue weighted by Gasteiger charge is -2.10. The van der Waals surface area contributed by atoms with E-state index in [0.29, 0.717) is 35.3 Å². The van der Waals surface area contributed by atoms with Crippen LogP contribution in [0.2, 0.25) is 0 Å². The van der Waals surface area contributed by atoms with Gasteiger partial charge in [0.25, 0.3) is 0 Å². The number of aromatic nitrogens is 2. The number of hydrogen-bond donors (Lipinski definition) is 2. The predicted molar refractivity (Wildman–Crippen MR) is 110 cm³/mol. The number of benzene rings is 1. The van der Waals surface area contributed by atoms with Crippen molar-refractivity contribution in [1.29, 1.82) is 0 Å². The van der Waals surface area contributed by atoms with Gasteiger partial charge in [-0.25, -0.2) is 14.2 Å². The quantitative estimate of drug-likeness (QED) is 0.656. The summed E-state index contributed by atoms with van der Waals surface area (Å²) >= 11 is 0. The molecule has 5 nitrogen and oxygen atoms in total. The molecule has 2 heterocycles. The maximum absolute atomic E-state index is 14.2. The van der Waals surface area contributed by atoms with Crippen molar-refractivity contribution in [3.63, 3.8) is 0 Å². The predicted octanol–water partition coefficient (Wildman–Crippen LogP) is 4.09. The molecule has 0 aliphatic heterocycles. The van der Waals surface area contributed by atoms with Gasteiger partial charge in [0.05, 0.1) is 22.5 Å². The number of carboxylic acid groups (broad SMARTS) is 1. The summed E-state index contributed by atoms with van der Waals surface area (Å²) in [5.41, 5.74) is 9.65. The molecule has 0 unspecified atom stereocenters. The number of nitrogen functional groups attached to an aromatic ring is 1. The zero-order valence-corrected chi connectivity index (χ0v) is 16.2. The zero-order chi connectivity index (χ0) is 21.0. The van der Waals surface area contributed by atoms with E-state index in [2.05, 4.69) is 21.8 Å². The van der Waals surface area contributed by atoms with Crippen LogP contribution >= 0.6 is 0 Å². The van der Waals surface area contributed by atoms with Gasteiger partial charge in [-0.1, -0.05) is 31.8 Å². The summed E-state index contributed by atoms with van der Waals surface area (Å²) in [5.74, 6) is 4.65. The molecule has 0 aliphatic carbocycles. The minimum atomic E-state index is -1.30. The van der Waals surface area contributed by atoms with Crippen molar-refractivity contribution in [2.75, 3.05) is 5.73 Å². The van der Waals surface area contributed by atoms with E-state index in [4.69, 9.17) is 10.8 Å². The topological polar surface area (TPSA) is 89.1 Å². The molecule has 0 aliphatic rings. The highest BCUT2D eigenvalue weighted by Crippen LogP contribution is 2.27. The SMILES string of the molecule is CCc1nc(N)ccc1C#Cc1c(-c2ccc(C(=O)O)c(F)c2)ccnc1CC. The van der Waals surface area contributed by atoms with Gasteiger partial charge in [0.15, 0.2) is 0 Å². The Kier molecular flexibility index (Phi) is 5.89. The van der Waals surface area contributed by atoms with E-state index < -0.39 is 11.8 Å². The first-order valence-corrected chi connectivity index (χ1v) is 9.23. The highest BCUT2D eigenvalue weighted by atomic mass is 19.1. The van der Waals surface area contributed by atoms with Gasteiger partial charge in [0.2, 0.25) is 0 Å². The first-order valence-electron chi connectivity index (χ1n) is 9.23. The summed E-state index contributed by atoms with van der Waals surface area (Å²) in [4.78, 5) is 19.8. The Hall–Kier alpha value is -3.72. The average Bonchev–Trinajstić information content (AvgIpc) is 2.72. The largest absolute Gasteiger partial charge is 0.478 e. The van der Waals surface area contributed by atoms with Crippen LogP contribution in [0.25, 0.3) is 11.1 Å². The van der Waals surface area contributed by atoms with E-state index in [-0.39, 0.29) is 5.56 Å². The second-order valence-corrected chi connectivity index (χ2v) is 6.37. The smallest absolute Gasteiger partial charge is 0.338 e. The Morgan fingerprint density at radius 2 is 1.86 bits per heavy atom. The number of hydrogen-bond acceptors (Lipinski definition) is 4. The Morgan fingerprint density at radius 1 is 1.10 bits per heavy atom. The fourth-order valence-corrected chi connectivity index (χ4v) is 3.04. The number of aryl methyl sites for hydroxylation is 2. The van der Waals surface area contributed by atoms with Gasteiger partial charge in [0, 0.05) is 17.3 Å². The Balaban J connectivity index is 2.14. The number of carbonyl (C=O) groups is 1. The summed E-state index contributed by atoms with van der Waals surface area (Å²) in [7, 11) is 0. The zero-order valence-electron chi connectivity index (χ0n) is 16.2. The second-order valence-electron chi connectivity index (χ2n) is 6.37. The molecule has 3 rings (SSSR count). The Labute approximate surface area is 168 Å².